The van der Waals surface area contributed by atoms with Gasteiger partial charge in [-0.25, -0.2) is 19.9 Å². The van der Waals surface area contributed by atoms with E-state index in [0.717, 1.165) is 37.2 Å². The Morgan fingerprint density at radius 3 is 2.41 bits per heavy atom. The molecule has 0 saturated carbocycles. The summed E-state index contributed by atoms with van der Waals surface area (Å²) in [4.78, 5) is 18.0. The van der Waals surface area contributed by atoms with Crippen LogP contribution in [0.3, 0.4) is 0 Å². The van der Waals surface area contributed by atoms with Gasteiger partial charge in [0.1, 0.15) is 22.7 Å². The molecule has 0 aromatic carbocycles. The van der Waals surface area contributed by atoms with Crippen LogP contribution in [0.15, 0.2) is 42.9 Å². The number of aromatic nitrogens is 6. The van der Waals surface area contributed by atoms with Crippen molar-refractivity contribution in [2.45, 2.75) is 38.2 Å². The Morgan fingerprint density at radius 1 is 0.946 bits per heavy atom. The quantitative estimate of drug-likeness (QED) is 0.346. The van der Waals surface area contributed by atoms with Crippen molar-refractivity contribution in [1.29, 1.82) is 0 Å². The molecule has 37 heavy (non-hydrogen) atoms. The smallest absolute Gasteiger partial charge is 0.352 e. The summed E-state index contributed by atoms with van der Waals surface area (Å²) in [5.74, 6) is 0.242. The molecule has 8 nitrogen and oxygen atoms in total. The van der Waals surface area contributed by atoms with E-state index in [1.54, 1.807) is 4.90 Å². The van der Waals surface area contributed by atoms with Gasteiger partial charge in [0.25, 0.3) is 0 Å². The van der Waals surface area contributed by atoms with Gasteiger partial charge < -0.3 is 10.2 Å². The Morgan fingerprint density at radius 2 is 1.76 bits per heavy atom. The largest absolute Gasteiger partial charge is 0.418 e. The van der Waals surface area contributed by atoms with Gasteiger partial charge in [-0.05, 0) is 44.0 Å². The van der Waals surface area contributed by atoms with E-state index in [1.807, 2.05) is 6.92 Å². The maximum atomic E-state index is 14.0. The Labute approximate surface area is 205 Å². The summed E-state index contributed by atoms with van der Waals surface area (Å²) in [6, 6.07) is 4.52. The second-order valence-corrected chi connectivity index (χ2v) is 8.49. The molecular formula is C23H18F6N8. The average Bonchev–Trinajstić information content (AvgIpc) is 3.28. The SMILES string of the molecule is CC1CCCN1c1cc(C(F)(F)F)c(-c2cnc3c(Nc4ccc(C(F)(F)F)cn4)ccnc3n2)nn1. The van der Waals surface area contributed by atoms with Gasteiger partial charge >= 0.3 is 12.4 Å². The van der Waals surface area contributed by atoms with Crippen molar-refractivity contribution in [1.82, 2.24) is 30.1 Å². The predicted octanol–water partition coefficient (Wildman–Crippen LogP) is 5.65. The first-order valence-corrected chi connectivity index (χ1v) is 11.1. The Balaban J connectivity index is 1.50. The fraction of sp³-hybridized carbons (Fsp3) is 0.304. The number of anilines is 3. The highest BCUT2D eigenvalue weighted by atomic mass is 19.4. The number of pyridine rings is 2. The van der Waals surface area contributed by atoms with E-state index < -0.39 is 29.2 Å². The second-order valence-electron chi connectivity index (χ2n) is 8.49. The van der Waals surface area contributed by atoms with Gasteiger partial charge in [0.2, 0.25) is 0 Å². The lowest BCUT2D eigenvalue weighted by molar-refractivity contribution is -0.138. The molecule has 0 aliphatic carbocycles. The lowest BCUT2D eigenvalue weighted by Crippen LogP contribution is -2.28. The number of hydrogen-bond donors (Lipinski definition) is 1. The van der Waals surface area contributed by atoms with E-state index in [0.29, 0.717) is 18.4 Å². The average molecular weight is 520 g/mol. The molecule has 14 heteroatoms. The van der Waals surface area contributed by atoms with Crippen molar-refractivity contribution in [2.24, 2.45) is 0 Å². The molecule has 1 aliphatic rings. The number of hydrogen-bond acceptors (Lipinski definition) is 8. The van der Waals surface area contributed by atoms with Gasteiger partial charge in [-0.2, -0.15) is 26.3 Å². The highest BCUT2D eigenvalue weighted by molar-refractivity contribution is 5.87. The van der Waals surface area contributed by atoms with E-state index in [1.165, 1.54) is 12.3 Å². The van der Waals surface area contributed by atoms with Crippen LogP contribution >= 0.6 is 0 Å². The minimum Gasteiger partial charge on any atom is -0.352 e. The molecule has 1 N–H and O–H groups in total. The first-order chi connectivity index (χ1) is 17.5. The van der Waals surface area contributed by atoms with Crippen molar-refractivity contribution in [2.75, 3.05) is 16.8 Å². The molecule has 1 saturated heterocycles. The van der Waals surface area contributed by atoms with Crippen LogP contribution in [-0.2, 0) is 12.4 Å². The van der Waals surface area contributed by atoms with Crippen LogP contribution in [0.2, 0.25) is 0 Å². The first-order valence-electron chi connectivity index (χ1n) is 11.1. The van der Waals surface area contributed by atoms with Gasteiger partial charge in [0.15, 0.2) is 11.5 Å². The molecule has 5 heterocycles. The van der Waals surface area contributed by atoms with Crippen molar-refractivity contribution in [3.8, 4) is 11.4 Å². The maximum Gasteiger partial charge on any atom is 0.418 e. The number of rotatable bonds is 4. The Hall–Kier alpha value is -4.10. The van der Waals surface area contributed by atoms with Crippen molar-refractivity contribution in [3.05, 3.63) is 54.0 Å². The first kappa shape index (κ1) is 24.6. The molecule has 1 unspecified atom stereocenters. The standard InChI is InChI=1S/C23H18F6N8/c1-12-3-2-8-37(12)18-9-14(23(27,28)29)19(36-35-18)16-11-32-20-15(6-7-30-21(20)34-16)33-17-5-4-13(10-31-17)22(24,25)26/h4-7,9-12H,2-3,8H2,1H3,(H,30,31,33,34). The van der Waals surface area contributed by atoms with Gasteiger partial charge in [-0.15, -0.1) is 10.2 Å². The topological polar surface area (TPSA) is 92.6 Å². The highest BCUT2D eigenvalue weighted by Crippen LogP contribution is 2.38. The maximum absolute atomic E-state index is 14.0. The van der Waals surface area contributed by atoms with Crippen molar-refractivity contribution >= 4 is 28.5 Å². The number of nitrogens with one attached hydrogen (secondary N) is 1. The molecule has 192 valence electrons. The van der Waals surface area contributed by atoms with E-state index >= 15 is 0 Å². The number of nitrogens with zero attached hydrogens (tertiary/aromatic N) is 7. The van der Waals surface area contributed by atoms with Crippen LogP contribution in [0.1, 0.15) is 30.9 Å². The van der Waals surface area contributed by atoms with Crippen molar-refractivity contribution < 1.29 is 26.3 Å². The summed E-state index contributed by atoms with van der Waals surface area (Å²) in [6.45, 7) is 2.51. The van der Waals surface area contributed by atoms with Crippen molar-refractivity contribution in [3.63, 3.8) is 0 Å². The third kappa shape index (κ3) is 4.95. The van der Waals surface area contributed by atoms with Gasteiger partial charge in [-0.1, -0.05) is 0 Å². The summed E-state index contributed by atoms with van der Waals surface area (Å²) in [5.41, 5.74) is -2.08. The molecule has 1 fully saturated rings. The van der Waals surface area contributed by atoms with Crippen LogP contribution in [0.25, 0.3) is 22.6 Å². The lowest BCUT2D eigenvalue weighted by Gasteiger charge is -2.23. The van der Waals surface area contributed by atoms with Gasteiger partial charge in [0, 0.05) is 25.0 Å². The zero-order valence-electron chi connectivity index (χ0n) is 19.1. The van der Waals surface area contributed by atoms with E-state index in [-0.39, 0.29) is 34.5 Å². The molecule has 4 aromatic rings. The molecule has 5 rings (SSSR count). The van der Waals surface area contributed by atoms with Crippen LogP contribution in [-0.4, -0.2) is 42.7 Å². The van der Waals surface area contributed by atoms with E-state index in [9.17, 15) is 26.3 Å². The minimum atomic E-state index is -4.72. The Kier molecular flexibility index (Phi) is 6.04. The normalized spacial score (nSPS) is 16.4. The molecule has 0 radical (unpaired) electrons. The molecule has 0 bridgehead atoms. The molecule has 1 atom stereocenters. The summed E-state index contributed by atoms with van der Waals surface area (Å²) < 4.78 is 80.3. The monoisotopic (exact) mass is 520 g/mol. The van der Waals surface area contributed by atoms with Crippen LogP contribution in [0.5, 0.6) is 0 Å². The third-order valence-electron chi connectivity index (χ3n) is 5.98. The zero-order valence-corrected chi connectivity index (χ0v) is 19.1. The number of fused-ring (bicyclic) bond motifs is 1. The third-order valence-corrected chi connectivity index (χ3v) is 5.98. The van der Waals surface area contributed by atoms with Crippen LogP contribution in [0, 0.1) is 0 Å². The Bertz CT molecular complexity index is 1440. The number of halogens is 6. The minimum absolute atomic E-state index is 0.00146. The summed E-state index contributed by atoms with van der Waals surface area (Å²) in [5, 5.41) is 10.7. The molecule has 1 aliphatic heterocycles. The predicted molar refractivity (Wildman–Crippen MR) is 122 cm³/mol. The van der Waals surface area contributed by atoms with E-state index in [2.05, 4.69) is 35.5 Å². The van der Waals surface area contributed by atoms with E-state index in [4.69, 9.17) is 0 Å². The van der Waals surface area contributed by atoms with Crippen LogP contribution < -0.4 is 10.2 Å². The highest BCUT2D eigenvalue weighted by Gasteiger charge is 2.37. The molecular weight excluding hydrogens is 502 g/mol. The second kappa shape index (κ2) is 9.09. The number of alkyl halides is 6. The summed E-state index contributed by atoms with van der Waals surface area (Å²) in [6.07, 6.45) is -4.41. The molecule has 0 spiro atoms. The summed E-state index contributed by atoms with van der Waals surface area (Å²) >= 11 is 0. The lowest BCUT2D eigenvalue weighted by atomic mass is 10.1. The van der Waals surface area contributed by atoms with Crippen LogP contribution in [0.4, 0.5) is 43.7 Å². The fourth-order valence-electron chi connectivity index (χ4n) is 4.11. The molecule has 4 aromatic heterocycles. The fourth-order valence-corrected chi connectivity index (χ4v) is 4.11. The zero-order chi connectivity index (χ0) is 26.4. The van der Waals surface area contributed by atoms with Gasteiger partial charge in [-0.3, -0.25) is 0 Å². The molecule has 0 amide bonds. The van der Waals surface area contributed by atoms with Gasteiger partial charge in [0.05, 0.1) is 23.0 Å². The summed E-state index contributed by atoms with van der Waals surface area (Å²) in [7, 11) is 0.